The Kier molecular flexibility index (Phi) is 3.61. The van der Waals surface area contributed by atoms with Gasteiger partial charge < -0.3 is 4.74 Å². The number of ether oxygens (including phenoxy) is 1. The van der Waals surface area contributed by atoms with Gasteiger partial charge in [0.1, 0.15) is 6.10 Å². The molecule has 1 fully saturated rings. The molecule has 1 atom stereocenters. The molecule has 1 saturated heterocycles. The van der Waals surface area contributed by atoms with Crippen LogP contribution in [-0.4, -0.2) is 29.8 Å². The largest absolute Gasteiger partial charge is 0.368 e. The van der Waals surface area contributed by atoms with Crippen LogP contribution in [0.4, 0.5) is 0 Å². The van der Waals surface area contributed by atoms with Crippen LogP contribution < -0.4 is 5.43 Å². The molecule has 0 aromatic carbocycles. The van der Waals surface area contributed by atoms with E-state index in [1.165, 1.54) is 0 Å². The van der Waals surface area contributed by atoms with Gasteiger partial charge in [-0.05, 0) is 18.9 Å². The lowest BCUT2D eigenvalue weighted by molar-refractivity contribution is -0.130. The van der Waals surface area contributed by atoms with Crippen molar-refractivity contribution >= 4 is 12.1 Å². The Morgan fingerprint density at radius 2 is 2.62 bits per heavy atom. The van der Waals surface area contributed by atoms with Crippen molar-refractivity contribution in [1.29, 1.82) is 0 Å². The Morgan fingerprint density at radius 3 is 3.31 bits per heavy atom. The topological polar surface area (TPSA) is 63.6 Å². The van der Waals surface area contributed by atoms with Crippen LogP contribution in [0.25, 0.3) is 0 Å². The van der Waals surface area contributed by atoms with Gasteiger partial charge >= 0.3 is 0 Å². The van der Waals surface area contributed by atoms with E-state index in [2.05, 4.69) is 15.5 Å². The van der Waals surface area contributed by atoms with E-state index in [-0.39, 0.29) is 12.0 Å². The lowest BCUT2D eigenvalue weighted by atomic mass is 10.2. The summed E-state index contributed by atoms with van der Waals surface area (Å²) in [7, 11) is 0. The van der Waals surface area contributed by atoms with Gasteiger partial charge in [-0.3, -0.25) is 9.78 Å². The van der Waals surface area contributed by atoms with Crippen molar-refractivity contribution in [2.24, 2.45) is 5.10 Å². The second-order valence-electron chi connectivity index (χ2n) is 3.52. The Morgan fingerprint density at radius 1 is 1.69 bits per heavy atom. The Balaban J connectivity index is 1.82. The van der Waals surface area contributed by atoms with E-state index in [4.69, 9.17) is 4.74 Å². The molecule has 2 heterocycles. The minimum Gasteiger partial charge on any atom is -0.368 e. The normalized spacial score (nSPS) is 20.1. The second kappa shape index (κ2) is 5.37. The monoisotopic (exact) mass is 219 g/mol. The first-order valence-electron chi connectivity index (χ1n) is 5.21. The van der Waals surface area contributed by atoms with E-state index < -0.39 is 0 Å². The van der Waals surface area contributed by atoms with Crippen molar-refractivity contribution < 1.29 is 9.53 Å². The van der Waals surface area contributed by atoms with Gasteiger partial charge in [0.2, 0.25) is 0 Å². The molecule has 0 saturated carbocycles. The number of hydrogen-bond acceptors (Lipinski definition) is 4. The highest BCUT2D eigenvalue weighted by atomic mass is 16.5. The Hall–Kier alpha value is -1.75. The number of aromatic nitrogens is 1. The summed E-state index contributed by atoms with van der Waals surface area (Å²) in [6.07, 6.45) is 6.27. The molecule has 1 N–H and O–H groups in total. The molecule has 0 aliphatic carbocycles. The number of carbonyl (C=O) groups is 1. The molecule has 5 nitrogen and oxygen atoms in total. The fourth-order valence-electron chi connectivity index (χ4n) is 1.48. The van der Waals surface area contributed by atoms with Crippen molar-refractivity contribution in [3.05, 3.63) is 30.1 Å². The molecule has 1 aliphatic rings. The fraction of sp³-hybridized carbons (Fsp3) is 0.364. The minimum atomic E-state index is -0.342. The van der Waals surface area contributed by atoms with E-state index in [0.29, 0.717) is 6.61 Å². The molecule has 0 unspecified atom stereocenters. The average Bonchev–Trinajstić information content (AvgIpc) is 2.84. The number of pyridine rings is 1. The zero-order chi connectivity index (χ0) is 11.2. The van der Waals surface area contributed by atoms with Gasteiger partial charge in [-0.15, -0.1) is 0 Å². The third-order valence-electron chi connectivity index (χ3n) is 2.29. The van der Waals surface area contributed by atoms with Crippen LogP contribution in [0.1, 0.15) is 18.4 Å². The highest BCUT2D eigenvalue weighted by molar-refractivity contribution is 5.84. The van der Waals surface area contributed by atoms with Gasteiger partial charge in [0.15, 0.2) is 0 Å². The predicted molar refractivity (Wildman–Crippen MR) is 58.9 cm³/mol. The van der Waals surface area contributed by atoms with Gasteiger partial charge in [-0.25, -0.2) is 5.43 Å². The van der Waals surface area contributed by atoms with Crippen molar-refractivity contribution in [3.63, 3.8) is 0 Å². The maximum absolute atomic E-state index is 11.5. The molecular formula is C11H13N3O2. The summed E-state index contributed by atoms with van der Waals surface area (Å²) in [5.41, 5.74) is 3.29. The number of carbonyl (C=O) groups excluding carboxylic acids is 1. The Bertz CT molecular complexity index is 372. The lowest BCUT2D eigenvalue weighted by Gasteiger charge is -2.05. The number of hydrazone groups is 1. The first-order valence-corrected chi connectivity index (χ1v) is 5.21. The summed E-state index contributed by atoms with van der Waals surface area (Å²) in [6, 6.07) is 3.66. The van der Waals surface area contributed by atoms with Crippen LogP contribution in [0, 0.1) is 0 Å². The molecule has 5 heteroatoms. The number of nitrogens with one attached hydrogen (secondary N) is 1. The number of nitrogens with zero attached hydrogens (tertiary/aromatic N) is 2. The quantitative estimate of drug-likeness (QED) is 0.601. The summed E-state index contributed by atoms with van der Waals surface area (Å²) in [6.45, 7) is 0.657. The number of amides is 1. The minimum absolute atomic E-state index is 0.183. The van der Waals surface area contributed by atoms with Gasteiger partial charge in [-0.1, -0.05) is 6.07 Å². The van der Waals surface area contributed by atoms with Gasteiger partial charge in [0, 0.05) is 24.6 Å². The van der Waals surface area contributed by atoms with Crippen molar-refractivity contribution in [3.8, 4) is 0 Å². The van der Waals surface area contributed by atoms with Crippen molar-refractivity contribution in [2.75, 3.05) is 6.61 Å². The van der Waals surface area contributed by atoms with Crippen molar-refractivity contribution in [1.82, 2.24) is 10.4 Å². The van der Waals surface area contributed by atoms with E-state index in [1.807, 2.05) is 12.1 Å². The summed E-state index contributed by atoms with van der Waals surface area (Å²) in [4.78, 5) is 15.4. The summed E-state index contributed by atoms with van der Waals surface area (Å²) < 4.78 is 5.22. The van der Waals surface area contributed by atoms with E-state index in [9.17, 15) is 4.79 Å². The molecule has 0 bridgehead atoms. The van der Waals surface area contributed by atoms with Gasteiger partial charge in [0.25, 0.3) is 5.91 Å². The maximum Gasteiger partial charge on any atom is 0.269 e. The fourth-order valence-corrected chi connectivity index (χ4v) is 1.48. The molecule has 0 spiro atoms. The summed E-state index contributed by atoms with van der Waals surface area (Å²) >= 11 is 0. The molecule has 84 valence electrons. The second-order valence-corrected chi connectivity index (χ2v) is 3.52. The van der Waals surface area contributed by atoms with Gasteiger partial charge in [0.05, 0.1) is 6.21 Å². The molecule has 1 aliphatic heterocycles. The van der Waals surface area contributed by atoms with E-state index in [1.54, 1.807) is 18.6 Å². The highest BCUT2D eigenvalue weighted by Crippen LogP contribution is 2.11. The standard InChI is InChI=1S/C11H13N3O2/c15-11(10-4-2-6-16-10)14-13-8-9-3-1-5-12-7-9/h1,3,5,7-8,10H,2,4,6H2,(H,14,15)/b13-8-/t10-/m0/s1. The van der Waals surface area contributed by atoms with Crippen LogP contribution in [0.5, 0.6) is 0 Å². The molecular weight excluding hydrogens is 206 g/mol. The first kappa shape index (κ1) is 10.8. The SMILES string of the molecule is O=C(N/N=C\c1cccnc1)[C@@H]1CCCO1. The molecule has 16 heavy (non-hydrogen) atoms. The van der Waals surface area contributed by atoms with E-state index in [0.717, 1.165) is 18.4 Å². The predicted octanol–water partition coefficient (Wildman–Crippen LogP) is 0.711. The average molecular weight is 219 g/mol. The first-order chi connectivity index (χ1) is 7.86. The Labute approximate surface area is 93.5 Å². The summed E-state index contributed by atoms with van der Waals surface area (Å²) in [5, 5.41) is 3.84. The molecule has 1 amide bonds. The third-order valence-corrected chi connectivity index (χ3v) is 2.29. The van der Waals surface area contributed by atoms with Gasteiger partial charge in [-0.2, -0.15) is 5.10 Å². The van der Waals surface area contributed by atoms with E-state index >= 15 is 0 Å². The molecule has 0 radical (unpaired) electrons. The van der Waals surface area contributed by atoms with Crippen LogP contribution in [0.15, 0.2) is 29.6 Å². The van der Waals surface area contributed by atoms with Crippen LogP contribution >= 0.6 is 0 Å². The highest BCUT2D eigenvalue weighted by Gasteiger charge is 2.22. The van der Waals surface area contributed by atoms with Crippen LogP contribution in [0.2, 0.25) is 0 Å². The molecule has 2 rings (SSSR count). The zero-order valence-electron chi connectivity index (χ0n) is 8.80. The van der Waals surface area contributed by atoms with Crippen LogP contribution in [0.3, 0.4) is 0 Å². The zero-order valence-corrected chi connectivity index (χ0v) is 8.80. The maximum atomic E-state index is 11.5. The smallest absolute Gasteiger partial charge is 0.269 e. The lowest BCUT2D eigenvalue weighted by Crippen LogP contribution is -2.30. The number of hydrogen-bond donors (Lipinski definition) is 1. The summed E-state index contributed by atoms with van der Waals surface area (Å²) in [5.74, 6) is -0.183. The molecule has 1 aromatic heterocycles. The van der Waals surface area contributed by atoms with Crippen LogP contribution in [-0.2, 0) is 9.53 Å². The molecule has 1 aromatic rings. The number of rotatable bonds is 3. The van der Waals surface area contributed by atoms with Crippen molar-refractivity contribution in [2.45, 2.75) is 18.9 Å². The third kappa shape index (κ3) is 2.87.